The average molecular weight is 213 g/mol. The molecule has 15 heavy (non-hydrogen) atoms. The number of carbonyl (C=O) groups is 1. The van der Waals surface area contributed by atoms with E-state index in [1.807, 2.05) is 11.9 Å². The SMILES string of the molecule is CN[C@@H](C(=O)N1CCN(C)CC1)C(C)C. The Labute approximate surface area is 92.6 Å². The molecule has 1 amide bonds. The maximum absolute atomic E-state index is 12.1. The maximum Gasteiger partial charge on any atom is 0.240 e. The fourth-order valence-corrected chi connectivity index (χ4v) is 1.97. The van der Waals surface area contributed by atoms with Crippen molar-refractivity contribution in [1.82, 2.24) is 15.1 Å². The summed E-state index contributed by atoms with van der Waals surface area (Å²) in [5.41, 5.74) is 0. The first-order chi connectivity index (χ1) is 7.06. The number of nitrogens with zero attached hydrogens (tertiary/aromatic N) is 2. The first kappa shape index (κ1) is 12.5. The quantitative estimate of drug-likeness (QED) is 0.717. The van der Waals surface area contributed by atoms with Crippen LogP contribution in [0.2, 0.25) is 0 Å². The lowest BCUT2D eigenvalue weighted by Gasteiger charge is -2.35. The molecule has 1 rings (SSSR count). The highest BCUT2D eigenvalue weighted by molar-refractivity contribution is 5.82. The molecular formula is C11H23N3O. The molecule has 1 aliphatic heterocycles. The minimum atomic E-state index is -0.0339. The Hall–Kier alpha value is -0.610. The second-order valence-electron chi connectivity index (χ2n) is 4.64. The molecule has 88 valence electrons. The Kier molecular flexibility index (Phi) is 4.54. The Morgan fingerprint density at radius 3 is 2.13 bits per heavy atom. The zero-order valence-electron chi connectivity index (χ0n) is 10.3. The van der Waals surface area contributed by atoms with E-state index in [0.29, 0.717) is 5.92 Å². The summed E-state index contributed by atoms with van der Waals surface area (Å²) in [6.45, 7) is 7.85. The predicted octanol–water partition coefficient (Wildman–Crippen LogP) is 0.00440. The summed E-state index contributed by atoms with van der Waals surface area (Å²) in [7, 11) is 3.96. The molecule has 0 saturated carbocycles. The lowest BCUT2D eigenvalue weighted by molar-refractivity contribution is -0.136. The van der Waals surface area contributed by atoms with Crippen LogP contribution in [0.5, 0.6) is 0 Å². The number of nitrogens with one attached hydrogen (secondary N) is 1. The van der Waals surface area contributed by atoms with Crippen molar-refractivity contribution in [2.45, 2.75) is 19.9 Å². The number of rotatable bonds is 3. The maximum atomic E-state index is 12.1. The highest BCUT2D eigenvalue weighted by Crippen LogP contribution is 2.08. The molecule has 0 aliphatic carbocycles. The van der Waals surface area contributed by atoms with Crippen LogP contribution in [0, 0.1) is 5.92 Å². The summed E-state index contributed by atoms with van der Waals surface area (Å²) in [4.78, 5) is 16.4. The first-order valence-electron chi connectivity index (χ1n) is 5.71. The lowest BCUT2D eigenvalue weighted by Crippen LogP contribution is -2.54. The van der Waals surface area contributed by atoms with Gasteiger partial charge in [-0.15, -0.1) is 0 Å². The predicted molar refractivity (Wildman–Crippen MR) is 61.8 cm³/mol. The van der Waals surface area contributed by atoms with E-state index in [1.165, 1.54) is 0 Å². The number of hydrogen-bond acceptors (Lipinski definition) is 3. The third-order valence-corrected chi connectivity index (χ3v) is 3.06. The second-order valence-corrected chi connectivity index (χ2v) is 4.64. The molecular weight excluding hydrogens is 190 g/mol. The average Bonchev–Trinajstić information content (AvgIpc) is 2.19. The second kappa shape index (κ2) is 5.47. The summed E-state index contributed by atoms with van der Waals surface area (Å²) in [5.74, 6) is 0.600. The molecule has 0 unspecified atom stereocenters. The Bertz CT molecular complexity index is 210. The summed E-state index contributed by atoms with van der Waals surface area (Å²) >= 11 is 0. The monoisotopic (exact) mass is 213 g/mol. The van der Waals surface area contributed by atoms with Gasteiger partial charge in [-0.2, -0.15) is 0 Å². The molecule has 0 aromatic heterocycles. The molecule has 1 N–H and O–H groups in total. The lowest BCUT2D eigenvalue weighted by atomic mass is 10.0. The van der Waals surface area contributed by atoms with Gasteiger partial charge >= 0.3 is 0 Å². The number of likely N-dealkylation sites (N-methyl/N-ethyl adjacent to an activating group) is 2. The normalized spacial score (nSPS) is 20.7. The summed E-state index contributed by atoms with van der Waals surface area (Å²) in [6.07, 6.45) is 0. The molecule has 1 saturated heterocycles. The van der Waals surface area contributed by atoms with Crippen LogP contribution in [0.3, 0.4) is 0 Å². The largest absolute Gasteiger partial charge is 0.339 e. The molecule has 4 nitrogen and oxygen atoms in total. The van der Waals surface area contributed by atoms with Gasteiger partial charge in [0.25, 0.3) is 0 Å². The van der Waals surface area contributed by atoms with E-state index >= 15 is 0 Å². The van der Waals surface area contributed by atoms with Crippen LogP contribution in [0.15, 0.2) is 0 Å². The Morgan fingerprint density at radius 1 is 1.20 bits per heavy atom. The smallest absolute Gasteiger partial charge is 0.240 e. The van der Waals surface area contributed by atoms with Gasteiger partial charge in [0.05, 0.1) is 6.04 Å². The van der Waals surface area contributed by atoms with Crippen LogP contribution in [-0.4, -0.2) is 62.0 Å². The van der Waals surface area contributed by atoms with Crippen LogP contribution in [0.1, 0.15) is 13.8 Å². The highest BCUT2D eigenvalue weighted by atomic mass is 16.2. The van der Waals surface area contributed by atoms with Crippen LogP contribution < -0.4 is 5.32 Å². The van der Waals surface area contributed by atoms with Gasteiger partial charge in [0.2, 0.25) is 5.91 Å². The molecule has 4 heteroatoms. The molecule has 1 fully saturated rings. The minimum Gasteiger partial charge on any atom is -0.339 e. The number of amides is 1. The van der Waals surface area contributed by atoms with Crippen molar-refractivity contribution in [2.75, 3.05) is 40.3 Å². The summed E-state index contributed by atoms with van der Waals surface area (Å²) in [5, 5.41) is 3.10. The third-order valence-electron chi connectivity index (χ3n) is 3.06. The van der Waals surface area contributed by atoms with Crippen molar-refractivity contribution in [1.29, 1.82) is 0 Å². The molecule has 0 aromatic carbocycles. The van der Waals surface area contributed by atoms with Crippen molar-refractivity contribution >= 4 is 5.91 Å². The zero-order valence-corrected chi connectivity index (χ0v) is 10.3. The minimum absolute atomic E-state index is 0.0339. The van der Waals surface area contributed by atoms with Gasteiger partial charge < -0.3 is 15.1 Å². The van der Waals surface area contributed by atoms with Crippen LogP contribution in [0.25, 0.3) is 0 Å². The van der Waals surface area contributed by atoms with Crippen molar-refractivity contribution in [3.63, 3.8) is 0 Å². The molecule has 0 spiro atoms. The van der Waals surface area contributed by atoms with Crippen LogP contribution in [-0.2, 0) is 4.79 Å². The van der Waals surface area contributed by atoms with Crippen LogP contribution >= 0.6 is 0 Å². The van der Waals surface area contributed by atoms with Gasteiger partial charge in [0.1, 0.15) is 0 Å². The van der Waals surface area contributed by atoms with Crippen molar-refractivity contribution in [3.8, 4) is 0 Å². The van der Waals surface area contributed by atoms with Gasteiger partial charge in [-0.3, -0.25) is 4.79 Å². The van der Waals surface area contributed by atoms with E-state index in [-0.39, 0.29) is 11.9 Å². The van der Waals surface area contributed by atoms with E-state index in [9.17, 15) is 4.79 Å². The molecule has 0 bridgehead atoms. The van der Waals surface area contributed by atoms with E-state index in [1.54, 1.807) is 0 Å². The van der Waals surface area contributed by atoms with Gasteiger partial charge in [0, 0.05) is 26.2 Å². The first-order valence-corrected chi connectivity index (χ1v) is 5.71. The molecule has 0 radical (unpaired) electrons. The van der Waals surface area contributed by atoms with E-state index in [2.05, 4.69) is 31.1 Å². The fraction of sp³-hybridized carbons (Fsp3) is 0.909. The van der Waals surface area contributed by atoms with E-state index < -0.39 is 0 Å². The molecule has 1 atom stereocenters. The van der Waals surface area contributed by atoms with Crippen LogP contribution in [0.4, 0.5) is 0 Å². The van der Waals surface area contributed by atoms with Gasteiger partial charge in [0.15, 0.2) is 0 Å². The third kappa shape index (κ3) is 3.18. The number of carbonyl (C=O) groups excluding carboxylic acids is 1. The van der Waals surface area contributed by atoms with Gasteiger partial charge in [-0.25, -0.2) is 0 Å². The standard InChI is InChI=1S/C11H23N3O/c1-9(2)10(12-3)11(15)14-7-5-13(4)6-8-14/h9-10,12H,5-8H2,1-4H3/t10-/m1/s1. The van der Waals surface area contributed by atoms with Gasteiger partial charge in [-0.1, -0.05) is 13.8 Å². The summed E-state index contributed by atoms with van der Waals surface area (Å²) in [6, 6.07) is -0.0339. The number of piperazine rings is 1. The Balaban J connectivity index is 2.52. The van der Waals surface area contributed by atoms with E-state index in [4.69, 9.17) is 0 Å². The Morgan fingerprint density at radius 2 is 1.73 bits per heavy atom. The summed E-state index contributed by atoms with van der Waals surface area (Å²) < 4.78 is 0. The molecule has 0 aromatic rings. The van der Waals surface area contributed by atoms with Gasteiger partial charge in [-0.05, 0) is 20.0 Å². The van der Waals surface area contributed by atoms with Crippen molar-refractivity contribution in [2.24, 2.45) is 5.92 Å². The molecule has 1 aliphatic rings. The molecule has 1 heterocycles. The van der Waals surface area contributed by atoms with Crippen molar-refractivity contribution < 1.29 is 4.79 Å². The highest BCUT2D eigenvalue weighted by Gasteiger charge is 2.27. The number of hydrogen-bond donors (Lipinski definition) is 1. The zero-order chi connectivity index (χ0) is 11.4. The van der Waals surface area contributed by atoms with E-state index in [0.717, 1.165) is 26.2 Å². The fourth-order valence-electron chi connectivity index (χ4n) is 1.97. The topological polar surface area (TPSA) is 35.6 Å². The van der Waals surface area contributed by atoms with Crippen molar-refractivity contribution in [3.05, 3.63) is 0 Å².